The van der Waals surface area contributed by atoms with Crippen molar-refractivity contribution < 1.29 is 9.53 Å². The lowest BCUT2D eigenvalue weighted by molar-refractivity contribution is 0.0528. The summed E-state index contributed by atoms with van der Waals surface area (Å²) in [6, 6.07) is 1.81. The van der Waals surface area contributed by atoms with Gasteiger partial charge in [-0.25, -0.2) is 14.3 Å². The maximum atomic E-state index is 11.8. The SMILES string of the molecule is CCOC(=O)c1cnn2c(Cl)cc(C3CC3)nc12. The molecule has 0 aromatic carbocycles. The van der Waals surface area contributed by atoms with Crippen molar-refractivity contribution >= 4 is 23.2 Å². The van der Waals surface area contributed by atoms with Gasteiger partial charge in [0.1, 0.15) is 10.7 Å². The molecule has 94 valence electrons. The number of carbonyl (C=O) groups excluding carboxylic acids is 1. The Morgan fingerprint density at radius 1 is 1.61 bits per heavy atom. The van der Waals surface area contributed by atoms with E-state index in [0.717, 1.165) is 18.5 Å². The van der Waals surface area contributed by atoms with E-state index in [4.69, 9.17) is 16.3 Å². The van der Waals surface area contributed by atoms with Gasteiger partial charge in [0.2, 0.25) is 0 Å². The number of ether oxygens (including phenoxy) is 1. The average molecular weight is 266 g/mol. The number of aromatic nitrogens is 3. The highest BCUT2D eigenvalue weighted by Crippen LogP contribution is 2.40. The van der Waals surface area contributed by atoms with Gasteiger partial charge in [0, 0.05) is 11.6 Å². The topological polar surface area (TPSA) is 56.5 Å². The van der Waals surface area contributed by atoms with Crippen LogP contribution in [0.3, 0.4) is 0 Å². The lowest BCUT2D eigenvalue weighted by Gasteiger charge is -2.03. The van der Waals surface area contributed by atoms with Gasteiger partial charge in [-0.3, -0.25) is 0 Å². The van der Waals surface area contributed by atoms with E-state index in [1.54, 1.807) is 6.92 Å². The Morgan fingerprint density at radius 2 is 2.39 bits per heavy atom. The summed E-state index contributed by atoms with van der Waals surface area (Å²) in [4.78, 5) is 16.2. The van der Waals surface area contributed by atoms with E-state index in [2.05, 4.69) is 10.1 Å². The minimum atomic E-state index is -0.413. The molecule has 0 amide bonds. The van der Waals surface area contributed by atoms with Crippen LogP contribution < -0.4 is 0 Å². The molecule has 18 heavy (non-hydrogen) atoms. The van der Waals surface area contributed by atoms with Crippen LogP contribution in [0, 0.1) is 0 Å². The fourth-order valence-corrected chi connectivity index (χ4v) is 2.12. The lowest BCUT2D eigenvalue weighted by atomic mass is 10.2. The number of fused-ring (bicyclic) bond motifs is 1. The Labute approximate surface area is 109 Å². The standard InChI is InChI=1S/C12H12ClN3O2/c1-2-18-12(17)8-6-14-16-10(13)5-9(7-3-4-7)15-11(8)16/h5-7H,2-4H2,1H3. The van der Waals surface area contributed by atoms with Gasteiger partial charge in [-0.1, -0.05) is 11.6 Å². The number of hydrogen-bond donors (Lipinski definition) is 0. The van der Waals surface area contributed by atoms with E-state index in [1.807, 2.05) is 6.07 Å². The van der Waals surface area contributed by atoms with E-state index >= 15 is 0 Å². The van der Waals surface area contributed by atoms with Crippen LogP contribution in [0.1, 0.15) is 41.7 Å². The van der Waals surface area contributed by atoms with Gasteiger partial charge in [0.25, 0.3) is 0 Å². The van der Waals surface area contributed by atoms with Crippen molar-refractivity contribution in [2.24, 2.45) is 0 Å². The molecule has 1 aliphatic rings. The van der Waals surface area contributed by atoms with Crippen molar-refractivity contribution in [1.82, 2.24) is 14.6 Å². The smallest absolute Gasteiger partial charge is 0.343 e. The van der Waals surface area contributed by atoms with E-state index in [1.165, 1.54) is 10.7 Å². The Hall–Kier alpha value is -1.62. The van der Waals surface area contributed by atoms with Gasteiger partial charge in [0.15, 0.2) is 5.65 Å². The van der Waals surface area contributed by atoms with Crippen LogP contribution >= 0.6 is 11.6 Å². The molecule has 1 fully saturated rings. The van der Waals surface area contributed by atoms with Crippen LogP contribution in [-0.2, 0) is 4.74 Å². The van der Waals surface area contributed by atoms with Crippen LogP contribution in [0.15, 0.2) is 12.3 Å². The maximum Gasteiger partial charge on any atom is 0.343 e. The number of nitrogens with zero attached hydrogens (tertiary/aromatic N) is 3. The van der Waals surface area contributed by atoms with Crippen LogP contribution in [-0.4, -0.2) is 27.2 Å². The van der Waals surface area contributed by atoms with Gasteiger partial charge in [-0.05, 0) is 25.8 Å². The maximum absolute atomic E-state index is 11.8. The van der Waals surface area contributed by atoms with Gasteiger partial charge in [0.05, 0.1) is 12.8 Å². The van der Waals surface area contributed by atoms with Gasteiger partial charge < -0.3 is 4.74 Å². The second kappa shape index (κ2) is 4.24. The monoisotopic (exact) mass is 265 g/mol. The highest BCUT2D eigenvalue weighted by atomic mass is 35.5. The molecule has 1 aliphatic carbocycles. The van der Waals surface area contributed by atoms with Gasteiger partial charge in [-0.15, -0.1) is 0 Å². The highest BCUT2D eigenvalue weighted by molar-refractivity contribution is 6.29. The first-order valence-corrected chi connectivity index (χ1v) is 6.29. The summed E-state index contributed by atoms with van der Waals surface area (Å²) in [5.74, 6) is 0.0569. The Morgan fingerprint density at radius 3 is 3.06 bits per heavy atom. The third-order valence-corrected chi connectivity index (χ3v) is 3.21. The molecule has 2 aromatic heterocycles. The second-order valence-electron chi connectivity index (χ2n) is 4.29. The summed E-state index contributed by atoms with van der Waals surface area (Å²) in [7, 11) is 0. The zero-order chi connectivity index (χ0) is 12.7. The molecular formula is C12H12ClN3O2. The molecule has 0 aliphatic heterocycles. The number of rotatable bonds is 3. The largest absolute Gasteiger partial charge is 0.462 e. The normalized spacial score (nSPS) is 15.0. The second-order valence-corrected chi connectivity index (χ2v) is 4.68. The third kappa shape index (κ3) is 1.84. The van der Waals surface area contributed by atoms with Crippen LogP contribution in [0.4, 0.5) is 0 Å². The van der Waals surface area contributed by atoms with Gasteiger partial charge in [-0.2, -0.15) is 5.10 Å². The number of halogens is 1. The molecule has 0 radical (unpaired) electrons. The Kier molecular flexibility index (Phi) is 2.70. The van der Waals surface area contributed by atoms with E-state index < -0.39 is 5.97 Å². The number of carbonyl (C=O) groups is 1. The quantitative estimate of drug-likeness (QED) is 0.632. The van der Waals surface area contributed by atoms with E-state index in [9.17, 15) is 4.79 Å². The molecule has 0 saturated heterocycles. The van der Waals surface area contributed by atoms with Crippen LogP contribution in [0.25, 0.3) is 5.65 Å². The van der Waals surface area contributed by atoms with Crippen molar-refractivity contribution in [3.8, 4) is 0 Å². The first-order valence-electron chi connectivity index (χ1n) is 5.92. The Balaban J connectivity index is 2.12. The number of hydrogen-bond acceptors (Lipinski definition) is 4. The summed E-state index contributed by atoms with van der Waals surface area (Å²) < 4.78 is 6.43. The van der Waals surface area contributed by atoms with Crippen molar-refractivity contribution in [1.29, 1.82) is 0 Å². The molecule has 2 heterocycles. The zero-order valence-electron chi connectivity index (χ0n) is 9.89. The van der Waals surface area contributed by atoms with Crippen molar-refractivity contribution in [3.63, 3.8) is 0 Å². The fourth-order valence-electron chi connectivity index (χ4n) is 1.88. The van der Waals surface area contributed by atoms with E-state index in [-0.39, 0.29) is 0 Å². The molecule has 0 spiro atoms. The van der Waals surface area contributed by atoms with Crippen molar-refractivity contribution in [2.75, 3.05) is 6.61 Å². The fraction of sp³-hybridized carbons (Fsp3) is 0.417. The molecule has 3 rings (SSSR count). The molecule has 5 nitrogen and oxygen atoms in total. The first kappa shape index (κ1) is 11.5. The minimum absolute atomic E-state index is 0.326. The summed E-state index contributed by atoms with van der Waals surface area (Å²) >= 11 is 6.14. The summed E-state index contributed by atoms with van der Waals surface area (Å²) in [6.45, 7) is 2.09. The Bertz CT molecular complexity index is 619. The highest BCUT2D eigenvalue weighted by Gasteiger charge is 2.27. The third-order valence-electron chi connectivity index (χ3n) is 2.94. The molecule has 0 bridgehead atoms. The molecule has 1 saturated carbocycles. The van der Waals surface area contributed by atoms with Crippen LogP contribution in [0.2, 0.25) is 5.15 Å². The van der Waals surface area contributed by atoms with Gasteiger partial charge >= 0.3 is 5.97 Å². The molecule has 0 unspecified atom stereocenters. The first-order chi connectivity index (χ1) is 8.70. The summed E-state index contributed by atoms with van der Waals surface area (Å²) in [5, 5.41) is 4.53. The van der Waals surface area contributed by atoms with E-state index in [0.29, 0.717) is 28.9 Å². The lowest BCUT2D eigenvalue weighted by Crippen LogP contribution is -2.06. The minimum Gasteiger partial charge on any atom is -0.462 e. The average Bonchev–Trinajstić information content (AvgIpc) is 3.09. The molecule has 6 heteroatoms. The molecule has 2 aromatic rings. The molecule has 0 N–H and O–H groups in total. The zero-order valence-corrected chi connectivity index (χ0v) is 10.6. The summed E-state index contributed by atoms with van der Waals surface area (Å²) in [6.07, 6.45) is 3.70. The van der Waals surface area contributed by atoms with Crippen molar-refractivity contribution in [2.45, 2.75) is 25.7 Å². The molecule has 0 atom stereocenters. The predicted molar refractivity (Wildman–Crippen MR) is 65.9 cm³/mol. The predicted octanol–water partition coefficient (Wildman–Crippen LogP) is 2.44. The number of esters is 1. The molecular weight excluding hydrogens is 254 g/mol. The van der Waals surface area contributed by atoms with Crippen LogP contribution in [0.5, 0.6) is 0 Å². The van der Waals surface area contributed by atoms with Crippen molar-refractivity contribution in [3.05, 3.63) is 28.7 Å². The summed E-state index contributed by atoms with van der Waals surface area (Å²) in [5.41, 5.74) is 1.77.